The van der Waals surface area contributed by atoms with E-state index in [1.807, 2.05) is 12.3 Å². The van der Waals surface area contributed by atoms with Crippen LogP contribution in [-0.2, 0) is 0 Å². The third-order valence-corrected chi connectivity index (χ3v) is 4.67. The number of para-hydroxylation sites is 1. The lowest BCUT2D eigenvalue weighted by molar-refractivity contribution is 0.331. The van der Waals surface area contributed by atoms with E-state index in [-0.39, 0.29) is 0 Å². The third-order valence-electron chi connectivity index (χ3n) is 4.67. The monoisotopic (exact) mass is 283 g/mol. The molecule has 0 bridgehead atoms. The fraction of sp³-hybridized carbons (Fsp3) is 0.500. The number of hydrogen-bond donors (Lipinski definition) is 1. The molecule has 3 nitrogen and oxygen atoms in total. The van der Waals surface area contributed by atoms with Gasteiger partial charge in [0.15, 0.2) is 0 Å². The lowest BCUT2D eigenvalue weighted by atomic mass is 9.89. The predicted octanol–water partition coefficient (Wildman–Crippen LogP) is 4.10. The Bertz CT molecular complexity index is 539. The minimum Gasteiger partial charge on any atom is -0.311 e. The molecule has 1 heterocycles. The van der Waals surface area contributed by atoms with Gasteiger partial charge in [0.25, 0.3) is 0 Å². The first-order chi connectivity index (χ1) is 10.4. The molecule has 0 amide bonds. The van der Waals surface area contributed by atoms with Crippen LogP contribution in [0.15, 0.2) is 42.6 Å². The molecule has 1 atom stereocenters. The zero-order valence-corrected chi connectivity index (χ0v) is 12.8. The molecule has 0 spiro atoms. The Morgan fingerprint density at radius 3 is 2.43 bits per heavy atom. The SMILES string of the molecule is CNC(c1ccnn1-c1ccccc1)C1CCCCCC1. The van der Waals surface area contributed by atoms with Crippen LogP contribution in [-0.4, -0.2) is 16.8 Å². The molecule has 112 valence electrons. The van der Waals surface area contributed by atoms with Gasteiger partial charge in [0.2, 0.25) is 0 Å². The van der Waals surface area contributed by atoms with Crippen molar-refractivity contribution in [2.75, 3.05) is 7.05 Å². The summed E-state index contributed by atoms with van der Waals surface area (Å²) in [6, 6.07) is 13.0. The largest absolute Gasteiger partial charge is 0.311 e. The zero-order chi connectivity index (χ0) is 14.5. The quantitative estimate of drug-likeness (QED) is 0.856. The molecule has 2 aromatic rings. The van der Waals surface area contributed by atoms with Crippen LogP contribution >= 0.6 is 0 Å². The summed E-state index contributed by atoms with van der Waals surface area (Å²) in [4.78, 5) is 0. The standard InChI is InChI=1S/C18H25N3/c1-19-18(15-9-5-2-3-6-10-15)17-13-14-20-21(17)16-11-7-4-8-12-16/h4,7-8,11-15,18-19H,2-3,5-6,9-10H2,1H3. The van der Waals surface area contributed by atoms with Gasteiger partial charge < -0.3 is 5.32 Å². The lowest BCUT2D eigenvalue weighted by Gasteiger charge is -2.26. The van der Waals surface area contributed by atoms with E-state index in [1.54, 1.807) is 0 Å². The number of nitrogens with one attached hydrogen (secondary N) is 1. The minimum atomic E-state index is 0.394. The van der Waals surface area contributed by atoms with Crippen LogP contribution in [0.4, 0.5) is 0 Å². The molecule has 1 aliphatic rings. The van der Waals surface area contributed by atoms with E-state index in [4.69, 9.17) is 0 Å². The maximum Gasteiger partial charge on any atom is 0.0649 e. The second kappa shape index (κ2) is 6.90. The van der Waals surface area contributed by atoms with E-state index in [2.05, 4.69) is 52.5 Å². The first kappa shape index (κ1) is 14.3. The fourth-order valence-corrected chi connectivity index (χ4v) is 3.60. The van der Waals surface area contributed by atoms with Crippen molar-refractivity contribution >= 4 is 0 Å². The third kappa shape index (κ3) is 3.18. The molecule has 3 rings (SSSR count). The first-order valence-corrected chi connectivity index (χ1v) is 8.17. The van der Waals surface area contributed by atoms with Crippen molar-refractivity contribution in [2.45, 2.75) is 44.6 Å². The highest BCUT2D eigenvalue weighted by atomic mass is 15.3. The first-order valence-electron chi connectivity index (χ1n) is 8.17. The van der Waals surface area contributed by atoms with E-state index in [0.717, 1.165) is 11.6 Å². The summed E-state index contributed by atoms with van der Waals surface area (Å²) in [5, 5.41) is 8.10. The average Bonchev–Trinajstić information content (AvgIpc) is 2.85. The zero-order valence-electron chi connectivity index (χ0n) is 12.8. The van der Waals surface area contributed by atoms with Crippen molar-refractivity contribution in [1.82, 2.24) is 15.1 Å². The van der Waals surface area contributed by atoms with Crippen LogP contribution in [0.3, 0.4) is 0 Å². The molecule has 1 unspecified atom stereocenters. The van der Waals surface area contributed by atoms with Gasteiger partial charge in [-0.25, -0.2) is 4.68 Å². The number of aromatic nitrogens is 2. The Hall–Kier alpha value is -1.61. The van der Waals surface area contributed by atoms with Crippen LogP contribution in [0.25, 0.3) is 5.69 Å². The topological polar surface area (TPSA) is 29.9 Å². The van der Waals surface area contributed by atoms with Crippen LogP contribution < -0.4 is 5.32 Å². The molecule has 21 heavy (non-hydrogen) atoms. The maximum absolute atomic E-state index is 4.55. The van der Waals surface area contributed by atoms with Crippen molar-refractivity contribution in [3.8, 4) is 5.69 Å². The van der Waals surface area contributed by atoms with Crippen molar-refractivity contribution in [3.05, 3.63) is 48.3 Å². The van der Waals surface area contributed by atoms with Crippen molar-refractivity contribution in [1.29, 1.82) is 0 Å². The van der Waals surface area contributed by atoms with Gasteiger partial charge in [-0.1, -0.05) is 43.9 Å². The van der Waals surface area contributed by atoms with Gasteiger partial charge in [-0.05, 0) is 44.0 Å². The van der Waals surface area contributed by atoms with E-state index < -0.39 is 0 Å². The minimum absolute atomic E-state index is 0.394. The highest BCUT2D eigenvalue weighted by Gasteiger charge is 2.25. The molecule has 0 saturated heterocycles. The van der Waals surface area contributed by atoms with Gasteiger partial charge in [0.1, 0.15) is 0 Å². The van der Waals surface area contributed by atoms with E-state index in [9.17, 15) is 0 Å². The molecule has 1 aromatic heterocycles. The lowest BCUT2D eigenvalue weighted by Crippen LogP contribution is -2.27. The van der Waals surface area contributed by atoms with E-state index in [0.29, 0.717) is 6.04 Å². The Morgan fingerprint density at radius 1 is 1.05 bits per heavy atom. The predicted molar refractivity (Wildman–Crippen MR) is 86.6 cm³/mol. The smallest absolute Gasteiger partial charge is 0.0649 e. The summed E-state index contributed by atoms with van der Waals surface area (Å²) in [7, 11) is 2.08. The fourth-order valence-electron chi connectivity index (χ4n) is 3.60. The van der Waals surface area contributed by atoms with Gasteiger partial charge in [0, 0.05) is 6.20 Å². The van der Waals surface area contributed by atoms with E-state index >= 15 is 0 Å². The molecule has 1 N–H and O–H groups in total. The molecular formula is C18H25N3. The summed E-state index contributed by atoms with van der Waals surface area (Å²) in [5.41, 5.74) is 2.43. The van der Waals surface area contributed by atoms with Crippen LogP contribution in [0.1, 0.15) is 50.3 Å². The van der Waals surface area contributed by atoms with Gasteiger partial charge >= 0.3 is 0 Å². The van der Waals surface area contributed by atoms with Crippen molar-refractivity contribution in [3.63, 3.8) is 0 Å². The molecule has 0 aliphatic heterocycles. The van der Waals surface area contributed by atoms with Gasteiger partial charge in [-0.15, -0.1) is 0 Å². The van der Waals surface area contributed by atoms with Gasteiger partial charge in [0.05, 0.1) is 17.4 Å². The Balaban J connectivity index is 1.89. The Morgan fingerprint density at radius 2 is 1.76 bits per heavy atom. The second-order valence-electron chi connectivity index (χ2n) is 6.02. The molecule has 0 radical (unpaired) electrons. The number of nitrogens with zero attached hydrogens (tertiary/aromatic N) is 2. The maximum atomic E-state index is 4.55. The Labute approximate surface area is 127 Å². The van der Waals surface area contributed by atoms with E-state index in [1.165, 1.54) is 44.2 Å². The molecule has 1 aliphatic carbocycles. The van der Waals surface area contributed by atoms with Crippen LogP contribution in [0, 0.1) is 5.92 Å². The van der Waals surface area contributed by atoms with Crippen LogP contribution in [0.2, 0.25) is 0 Å². The van der Waals surface area contributed by atoms with Crippen molar-refractivity contribution < 1.29 is 0 Å². The van der Waals surface area contributed by atoms with Crippen molar-refractivity contribution in [2.24, 2.45) is 5.92 Å². The normalized spacial score (nSPS) is 18.3. The average molecular weight is 283 g/mol. The summed E-state index contributed by atoms with van der Waals surface area (Å²) in [5.74, 6) is 0.719. The molecular weight excluding hydrogens is 258 g/mol. The number of benzene rings is 1. The second-order valence-corrected chi connectivity index (χ2v) is 6.02. The Kier molecular flexibility index (Phi) is 4.71. The molecule has 3 heteroatoms. The highest BCUT2D eigenvalue weighted by Crippen LogP contribution is 2.33. The van der Waals surface area contributed by atoms with Gasteiger partial charge in [-0.2, -0.15) is 5.10 Å². The number of rotatable bonds is 4. The number of hydrogen-bond acceptors (Lipinski definition) is 2. The molecule has 1 fully saturated rings. The molecule has 1 aromatic carbocycles. The molecule has 1 saturated carbocycles. The summed E-state index contributed by atoms with van der Waals surface area (Å²) < 4.78 is 2.09. The highest BCUT2D eigenvalue weighted by molar-refractivity contribution is 5.33. The van der Waals surface area contributed by atoms with Gasteiger partial charge in [-0.3, -0.25) is 0 Å². The summed E-state index contributed by atoms with van der Waals surface area (Å²) in [6.07, 6.45) is 10.1. The van der Waals surface area contributed by atoms with Crippen LogP contribution in [0.5, 0.6) is 0 Å². The summed E-state index contributed by atoms with van der Waals surface area (Å²) in [6.45, 7) is 0. The summed E-state index contributed by atoms with van der Waals surface area (Å²) >= 11 is 0.